The van der Waals surface area contributed by atoms with Crippen molar-refractivity contribution in [2.45, 2.75) is 13.0 Å². The Labute approximate surface area is 98.1 Å². The zero-order valence-corrected chi connectivity index (χ0v) is 10.9. The molecule has 0 amide bonds. The number of ether oxygens (including phenoxy) is 1. The van der Waals surface area contributed by atoms with Crippen molar-refractivity contribution in [1.29, 1.82) is 0 Å². The highest BCUT2D eigenvalue weighted by atomic mass is 32.2. The zero-order valence-electron chi connectivity index (χ0n) is 10.1. The summed E-state index contributed by atoms with van der Waals surface area (Å²) in [6.45, 7) is 7.12. The minimum atomic E-state index is -2.86. The summed E-state index contributed by atoms with van der Waals surface area (Å²) in [5.74, 6) is 0.192. The average Bonchev–Trinajstić information content (AvgIpc) is 2.23. The van der Waals surface area contributed by atoms with Gasteiger partial charge in [0.2, 0.25) is 0 Å². The monoisotopic (exact) mass is 250 g/mol. The second kappa shape index (κ2) is 6.54. The minimum absolute atomic E-state index is 0.188. The highest BCUT2D eigenvalue weighted by molar-refractivity contribution is 7.90. The number of sulfone groups is 1. The third-order valence-corrected chi connectivity index (χ3v) is 3.64. The molecule has 0 aromatic rings. The molecule has 1 aliphatic rings. The number of rotatable bonds is 6. The molecule has 96 valence electrons. The summed E-state index contributed by atoms with van der Waals surface area (Å²) in [7, 11) is -2.86. The fourth-order valence-electron chi connectivity index (χ4n) is 1.71. The maximum Gasteiger partial charge on any atom is 0.148 e. The molecule has 16 heavy (non-hydrogen) atoms. The van der Waals surface area contributed by atoms with E-state index in [1.807, 2.05) is 0 Å². The molecule has 6 heteroatoms. The molecule has 1 atom stereocenters. The zero-order chi connectivity index (χ0) is 12.0. The molecule has 0 unspecified atom stereocenters. The van der Waals surface area contributed by atoms with Gasteiger partial charge in [0.15, 0.2) is 0 Å². The molecule has 0 aromatic carbocycles. The first-order chi connectivity index (χ1) is 7.51. The lowest BCUT2D eigenvalue weighted by Crippen LogP contribution is -2.46. The first-order valence-electron chi connectivity index (χ1n) is 5.73. The highest BCUT2D eigenvalue weighted by Crippen LogP contribution is 2.03. The van der Waals surface area contributed by atoms with Crippen molar-refractivity contribution in [2.24, 2.45) is 0 Å². The molecule has 0 radical (unpaired) electrons. The number of hydrogen-bond donors (Lipinski definition) is 1. The Bertz CT molecular complexity index is 292. The Morgan fingerprint density at radius 3 is 2.88 bits per heavy atom. The van der Waals surface area contributed by atoms with E-state index in [2.05, 4.69) is 17.1 Å². The van der Waals surface area contributed by atoms with Crippen LogP contribution in [0.2, 0.25) is 0 Å². The van der Waals surface area contributed by atoms with Crippen molar-refractivity contribution < 1.29 is 13.2 Å². The Kier molecular flexibility index (Phi) is 5.68. The predicted octanol–water partition coefficient (Wildman–Crippen LogP) is -0.659. The molecule has 1 aliphatic heterocycles. The minimum Gasteiger partial charge on any atom is -0.374 e. The summed E-state index contributed by atoms with van der Waals surface area (Å²) in [4.78, 5) is 2.34. The molecule has 1 fully saturated rings. The highest BCUT2D eigenvalue weighted by Gasteiger charge is 2.18. The standard InChI is InChI=1S/C10H22N2O3S/c1-3-12-5-6-15-10(9-12)8-11-4-7-16(2,13)14/h10-11H,3-9H2,1-2H3/t10-/m1/s1. The van der Waals surface area contributed by atoms with E-state index in [0.717, 1.165) is 32.8 Å². The van der Waals surface area contributed by atoms with E-state index in [0.29, 0.717) is 6.54 Å². The number of morpholine rings is 1. The predicted molar refractivity (Wildman–Crippen MR) is 64.4 cm³/mol. The van der Waals surface area contributed by atoms with Crippen molar-refractivity contribution in [2.75, 3.05) is 51.3 Å². The van der Waals surface area contributed by atoms with Crippen LogP contribution in [-0.4, -0.2) is 70.8 Å². The van der Waals surface area contributed by atoms with Crippen LogP contribution < -0.4 is 5.32 Å². The van der Waals surface area contributed by atoms with E-state index < -0.39 is 9.84 Å². The first kappa shape index (κ1) is 13.9. The lowest BCUT2D eigenvalue weighted by Gasteiger charge is -2.32. The van der Waals surface area contributed by atoms with E-state index >= 15 is 0 Å². The lowest BCUT2D eigenvalue weighted by molar-refractivity contribution is -0.0249. The Morgan fingerprint density at radius 2 is 2.25 bits per heavy atom. The van der Waals surface area contributed by atoms with Gasteiger partial charge in [-0.25, -0.2) is 8.42 Å². The molecule has 5 nitrogen and oxygen atoms in total. The van der Waals surface area contributed by atoms with Gasteiger partial charge in [0, 0.05) is 32.4 Å². The van der Waals surface area contributed by atoms with Crippen LogP contribution in [0.3, 0.4) is 0 Å². The topological polar surface area (TPSA) is 58.6 Å². The summed E-state index contributed by atoms with van der Waals surface area (Å²) in [6, 6.07) is 0. The molecular weight excluding hydrogens is 228 g/mol. The largest absolute Gasteiger partial charge is 0.374 e. The molecule has 0 aromatic heterocycles. The van der Waals surface area contributed by atoms with Crippen LogP contribution in [0.1, 0.15) is 6.92 Å². The Morgan fingerprint density at radius 1 is 1.50 bits per heavy atom. The first-order valence-corrected chi connectivity index (χ1v) is 7.79. The van der Waals surface area contributed by atoms with Crippen molar-refractivity contribution in [3.05, 3.63) is 0 Å². The Balaban J connectivity index is 2.13. The normalized spacial score (nSPS) is 23.5. The van der Waals surface area contributed by atoms with Crippen LogP contribution in [0, 0.1) is 0 Å². The van der Waals surface area contributed by atoms with Crippen LogP contribution >= 0.6 is 0 Å². The van der Waals surface area contributed by atoms with Crippen LogP contribution in [0.25, 0.3) is 0 Å². The smallest absolute Gasteiger partial charge is 0.148 e. The van der Waals surface area contributed by atoms with Gasteiger partial charge in [-0.05, 0) is 6.54 Å². The van der Waals surface area contributed by atoms with Crippen LogP contribution in [-0.2, 0) is 14.6 Å². The lowest BCUT2D eigenvalue weighted by atomic mass is 10.2. The molecule has 0 saturated carbocycles. The van der Waals surface area contributed by atoms with Gasteiger partial charge in [-0.15, -0.1) is 0 Å². The van der Waals surface area contributed by atoms with Gasteiger partial charge in [-0.3, -0.25) is 4.90 Å². The molecule has 0 bridgehead atoms. The third kappa shape index (κ3) is 5.79. The van der Waals surface area contributed by atoms with E-state index in [1.54, 1.807) is 0 Å². The van der Waals surface area contributed by atoms with Gasteiger partial charge < -0.3 is 10.1 Å². The van der Waals surface area contributed by atoms with Crippen molar-refractivity contribution >= 4 is 9.84 Å². The summed E-state index contributed by atoms with van der Waals surface area (Å²) in [5.41, 5.74) is 0. The van der Waals surface area contributed by atoms with Gasteiger partial charge in [-0.1, -0.05) is 6.92 Å². The number of hydrogen-bond acceptors (Lipinski definition) is 5. The summed E-state index contributed by atoms with van der Waals surface area (Å²) >= 11 is 0. The van der Waals surface area contributed by atoms with Crippen LogP contribution in [0.4, 0.5) is 0 Å². The quantitative estimate of drug-likeness (QED) is 0.634. The molecule has 1 N–H and O–H groups in total. The van der Waals surface area contributed by atoms with E-state index in [9.17, 15) is 8.42 Å². The maximum atomic E-state index is 10.9. The van der Waals surface area contributed by atoms with Gasteiger partial charge in [0.05, 0.1) is 18.5 Å². The van der Waals surface area contributed by atoms with Gasteiger partial charge >= 0.3 is 0 Å². The second-order valence-electron chi connectivity index (χ2n) is 4.22. The SMILES string of the molecule is CCN1CCO[C@H](CNCCS(C)(=O)=O)C1. The molecular formula is C10H22N2O3S. The van der Waals surface area contributed by atoms with Crippen molar-refractivity contribution in [3.63, 3.8) is 0 Å². The van der Waals surface area contributed by atoms with Gasteiger partial charge in [-0.2, -0.15) is 0 Å². The third-order valence-electron chi connectivity index (χ3n) is 2.69. The van der Waals surface area contributed by atoms with Crippen molar-refractivity contribution in [1.82, 2.24) is 10.2 Å². The number of likely N-dealkylation sites (N-methyl/N-ethyl adjacent to an activating group) is 1. The summed E-state index contributed by atoms with van der Waals surface area (Å²) in [6.07, 6.45) is 1.44. The van der Waals surface area contributed by atoms with E-state index in [-0.39, 0.29) is 11.9 Å². The molecule has 0 aliphatic carbocycles. The van der Waals surface area contributed by atoms with Gasteiger partial charge in [0.1, 0.15) is 9.84 Å². The molecule has 1 saturated heterocycles. The van der Waals surface area contributed by atoms with Crippen LogP contribution in [0.15, 0.2) is 0 Å². The molecule has 1 rings (SSSR count). The van der Waals surface area contributed by atoms with Gasteiger partial charge in [0.25, 0.3) is 0 Å². The summed E-state index contributed by atoms with van der Waals surface area (Å²) < 4.78 is 27.4. The van der Waals surface area contributed by atoms with Crippen LogP contribution in [0.5, 0.6) is 0 Å². The van der Waals surface area contributed by atoms with E-state index in [4.69, 9.17) is 4.74 Å². The molecule has 0 spiro atoms. The number of nitrogens with zero attached hydrogens (tertiary/aromatic N) is 1. The Hall–Kier alpha value is -0.170. The average molecular weight is 250 g/mol. The molecule has 1 heterocycles. The van der Waals surface area contributed by atoms with E-state index in [1.165, 1.54) is 6.26 Å². The summed E-state index contributed by atoms with van der Waals surface area (Å²) in [5, 5.41) is 3.13. The maximum absolute atomic E-state index is 10.9. The van der Waals surface area contributed by atoms with Crippen molar-refractivity contribution in [3.8, 4) is 0 Å². The fourth-order valence-corrected chi connectivity index (χ4v) is 2.23. The second-order valence-corrected chi connectivity index (χ2v) is 6.48. The fraction of sp³-hybridized carbons (Fsp3) is 1.00. The number of nitrogens with one attached hydrogen (secondary N) is 1.